The van der Waals surface area contributed by atoms with Crippen LogP contribution in [0, 0.1) is 0 Å². The maximum atomic E-state index is 12.1. The minimum absolute atomic E-state index is 0.00324. The lowest BCUT2D eigenvalue weighted by atomic mass is 10.0. The van der Waals surface area contributed by atoms with E-state index in [1.54, 1.807) is 23.8 Å². The van der Waals surface area contributed by atoms with Crippen molar-refractivity contribution in [2.24, 2.45) is 0 Å². The SMILES string of the molecule is CC(O)CCN(C)C(=O)CCN1C(=O)CCc2ccccc21. The first-order valence-corrected chi connectivity index (χ1v) is 7.79. The predicted octanol–water partition coefficient (Wildman–Crippen LogP) is 1.59. The molecule has 1 aromatic carbocycles. The van der Waals surface area contributed by atoms with Crippen LogP contribution in [0.2, 0.25) is 0 Å². The molecule has 1 aromatic rings. The number of nitrogens with zero attached hydrogens (tertiary/aromatic N) is 2. The molecule has 0 aliphatic carbocycles. The molecule has 120 valence electrons. The number of hydrogen-bond acceptors (Lipinski definition) is 3. The highest BCUT2D eigenvalue weighted by Crippen LogP contribution is 2.27. The number of benzene rings is 1. The summed E-state index contributed by atoms with van der Waals surface area (Å²) in [6.45, 7) is 2.65. The molecule has 0 saturated carbocycles. The Hall–Kier alpha value is -1.88. The van der Waals surface area contributed by atoms with Crippen LogP contribution in [0.1, 0.15) is 31.7 Å². The Morgan fingerprint density at radius 1 is 1.36 bits per heavy atom. The lowest BCUT2D eigenvalue weighted by Crippen LogP contribution is -2.39. The molecule has 0 fully saturated rings. The summed E-state index contributed by atoms with van der Waals surface area (Å²) in [4.78, 5) is 27.6. The first kappa shape index (κ1) is 16.5. The number of rotatable bonds is 6. The molecule has 1 aliphatic rings. The molecular weight excluding hydrogens is 280 g/mol. The second-order valence-corrected chi connectivity index (χ2v) is 5.88. The Kier molecular flexibility index (Phi) is 5.55. The van der Waals surface area contributed by atoms with E-state index in [1.807, 2.05) is 24.3 Å². The van der Waals surface area contributed by atoms with Crippen LogP contribution in [-0.4, -0.2) is 48.1 Å². The zero-order valence-corrected chi connectivity index (χ0v) is 13.3. The van der Waals surface area contributed by atoms with E-state index in [2.05, 4.69) is 0 Å². The Bertz CT molecular complexity index is 542. The Morgan fingerprint density at radius 3 is 2.82 bits per heavy atom. The topological polar surface area (TPSA) is 60.9 Å². The molecule has 0 bridgehead atoms. The highest BCUT2D eigenvalue weighted by Gasteiger charge is 2.24. The molecule has 2 amide bonds. The molecule has 5 heteroatoms. The van der Waals surface area contributed by atoms with Gasteiger partial charge in [-0.15, -0.1) is 0 Å². The number of aryl methyl sites for hydroxylation is 1. The van der Waals surface area contributed by atoms with Crippen molar-refractivity contribution < 1.29 is 14.7 Å². The third-order valence-corrected chi connectivity index (χ3v) is 4.05. The predicted molar refractivity (Wildman–Crippen MR) is 85.7 cm³/mol. The summed E-state index contributed by atoms with van der Waals surface area (Å²) >= 11 is 0. The van der Waals surface area contributed by atoms with Gasteiger partial charge in [0.1, 0.15) is 0 Å². The molecule has 5 nitrogen and oxygen atoms in total. The van der Waals surface area contributed by atoms with Gasteiger partial charge in [-0.1, -0.05) is 18.2 Å². The number of hydrogen-bond donors (Lipinski definition) is 1. The molecule has 2 rings (SSSR count). The van der Waals surface area contributed by atoms with Crippen molar-refractivity contribution in [3.63, 3.8) is 0 Å². The largest absolute Gasteiger partial charge is 0.393 e. The van der Waals surface area contributed by atoms with Gasteiger partial charge in [0.2, 0.25) is 11.8 Å². The molecule has 1 unspecified atom stereocenters. The van der Waals surface area contributed by atoms with E-state index in [-0.39, 0.29) is 11.8 Å². The quantitative estimate of drug-likeness (QED) is 0.868. The van der Waals surface area contributed by atoms with Crippen LogP contribution < -0.4 is 4.90 Å². The normalized spacial score (nSPS) is 15.4. The van der Waals surface area contributed by atoms with Crippen molar-refractivity contribution in [1.82, 2.24) is 4.90 Å². The van der Waals surface area contributed by atoms with Gasteiger partial charge in [-0.2, -0.15) is 0 Å². The number of fused-ring (bicyclic) bond motifs is 1. The van der Waals surface area contributed by atoms with Gasteiger partial charge in [-0.3, -0.25) is 9.59 Å². The lowest BCUT2D eigenvalue weighted by molar-refractivity contribution is -0.130. The summed E-state index contributed by atoms with van der Waals surface area (Å²) in [5.41, 5.74) is 2.09. The fourth-order valence-electron chi connectivity index (χ4n) is 2.65. The minimum Gasteiger partial charge on any atom is -0.393 e. The molecule has 1 atom stereocenters. The van der Waals surface area contributed by atoms with Crippen molar-refractivity contribution in [2.75, 3.05) is 25.0 Å². The van der Waals surface area contributed by atoms with Gasteiger partial charge < -0.3 is 14.9 Å². The van der Waals surface area contributed by atoms with Gasteiger partial charge in [0.05, 0.1) is 6.10 Å². The highest BCUT2D eigenvalue weighted by atomic mass is 16.3. The Morgan fingerprint density at radius 2 is 2.09 bits per heavy atom. The molecule has 0 aromatic heterocycles. The number of carbonyl (C=O) groups excluding carboxylic acids is 2. The number of carbonyl (C=O) groups is 2. The van der Waals surface area contributed by atoms with E-state index in [0.29, 0.717) is 32.4 Å². The maximum Gasteiger partial charge on any atom is 0.227 e. The Labute approximate surface area is 131 Å². The van der Waals surface area contributed by atoms with Gasteiger partial charge in [0.25, 0.3) is 0 Å². The van der Waals surface area contributed by atoms with Crippen molar-refractivity contribution >= 4 is 17.5 Å². The molecule has 0 saturated heterocycles. The number of para-hydroxylation sites is 1. The Balaban J connectivity index is 1.93. The summed E-state index contributed by atoms with van der Waals surface area (Å²) in [5, 5.41) is 9.27. The van der Waals surface area contributed by atoms with Crippen molar-refractivity contribution in [2.45, 2.75) is 38.7 Å². The maximum absolute atomic E-state index is 12.1. The van der Waals surface area contributed by atoms with Gasteiger partial charge in [-0.25, -0.2) is 0 Å². The van der Waals surface area contributed by atoms with E-state index >= 15 is 0 Å². The third-order valence-electron chi connectivity index (χ3n) is 4.05. The van der Waals surface area contributed by atoms with Gasteiger partial charge >= 0.3 is 0 Å². The van der Waals surface area contributed by atoms with E-state index < -0.39 is 6.10 Å². The van der Waals surface area contributed by atoms with Crippen molar-refractivity contribution in [1.29, 1.82) is 0 Å². The van der Waals surface area contributed by atoms with Crippen LogP contribution in [0.4, 0.5) is 5.69 Å². The average molecular weight is 304 g/mol. The zero-order chi connectivity index (χ0) is 16.1. The number of anilines is 1. The van der Waals surface area contributed by atoms with E-state index in [0.717, 1.165) is 17.7 Å². The minimum atomic E-state index is -0.411. The smallest absolute Gasteiger partial charge is 0.227 e. The van der Waals surface area contributed by atoms with Gasteiger partial charge in [-0.05, 0) is 31.4 Å². The third kappa shape index (κ3) is 4.07. The molecule has 1 N–H and O–H groups in total. The van der Waals surface area contributed by atoms with Crippen LogP contribution in [0.15, 0.2) is 24.3 Å². The summed E-state index contributed by atoms with van der Waals surface area (Å²) < 4.78 is 0. The van der Waals surface area contributed by atoms with Crippen LogP contribution in [0.3, 0.4) is 0 Å². The first-order valence-electron chi connectivity index (χ1n) is 7.79. The summed E-state index contributed by atoms with van der Waals surface area (Å²) in [7, 11) is 1.73. The fourth-order valence-corrected chi connectivity index (χ4v) is 2.65. The first-order chi connectivity index (χ1) is 10.5. The molecule has 0 spiro atoms. The standard InChI is InChI=1S/C17H24N2O3/c1-13(20)9-11-18(2)16(21)10-12-19-15-6-4-3-5-14(15)7-8-17(19)22/h3-6,13,20H,7-12H2,1-2H3. The number of aliphatic hydroxyl groups is 1. The number of amides is 2. The molecule has 1 heterocycles. The summed E-state index contributed by atoms with van der Waals surface area (Å²) in [6, 6.07) is 7.86. The molecule has 0 radical (unpaired) electrons. The van der Waals surface area contributed by atoms with Gasteiger partial charge in [0, 0.05) is 38.7 Å². The van der Waals surface area contributed by atoms with E-state index in [1.165, 1.54) is 0 Å². The van der Waals surface area contributed by atoms with Crippen LogP contribution >= 0.6 is 0 Å². The van der Waals surface area contributed by atoms with Crippen LogP contribution in [0.5, 0.6) is 0 Å². The summed E-state index contributed by atoms with van der Waals surface area (Å²) in [5.74, 6) is 0.0784. The van der Waals surface area contributed by atoms with Crippen LogP contribution in [-0.2, 0) is 16.0 Å². The molecular formula is C17H24N2O3. The summed E-state index contributed by atoms with van der Waals surface area (Å²) in [6.07, 6.45) is 1.73. The average Bonchev–Trinajstić information content (AvgIpc) is 2.51. The monoisotopic (exact) mass is 304 g/mol. The second-order valence-electron chi connectivity index (χ2n) is 5.88. The van der Waals surface area contributed by atoms with Gasteiger partial charge in [0.15, 0.2) is 0 Å². The lowest BCUT2D eigenvalue weighted by Gasteiger charge is -2.29. The fraction of sp³-hybridized carbons (Fsp3) is 0.529. The van der Waals surface area contributed by atoms with Crippen molar-refractivity contribution in [3.8, 4) is 0 Å². The molecule has 1 aliphatic heterocycles. The van der Waals surface area contributed by atoms with Crippen molar-refractivity contribution in [3.05, 3.63) is 29.8 Å². The van der Waals surface area contributed by atoms with E-state index in [4.69, 9.17) is 0 Å². The number of aliphatic hydroxyl groups excluding tert-OH is 1. The van der Waals surface area contributed by atoms with E-state index in [9.17, 15) is 14.7 Å². The second kappa shape index (κ2) is 7.40. The highest BCUT2D eigenvalue weighted by molar-refractivity contribution is 5.96. The van der Waals surface area contributed by atoms with Crippen LogP contribution in [0.25, 0.3) is 0 Å². The zero-order valence-electron chi connectivity index (χ0n) is 13.3. The molecule has 22 heavy (non-hydrogen) atoms.